The summed E-state index contributed by atoms with van der Waals surface area (Å²) in [5, 5.41) is 12.8. The van der Waals surface area contributed by atoms with Crippen LogP contribution in [0, 0.1) is 0 Å². The van der Waals surface area contributed by atoms with E-state index >= 15 is 0 Å². The molecule has 1 N–H and O–H groups in total. The number of likely N-dealkylation sites (tertiary alicyclic amines) is 1. The minimum absolute atomic E-state index is 0.117. The lowest BCUT2D eigenvalue weighted by Crippen LogP contribution is -2.38. The standard InChI is InChI=1S/C11H13N3O4/c15-9-4-3-7(11(16)17)14(9)5-8-12-10(18-13-8)6-1-2-6/h6-7H,1-5H2,(H,16,17). The molecule has 7 nitrogen and oxygen atoms in total. The Kier molecular flexibility index (Phi) is 2.53. The minimum Gasteiger partial charge on any atom is -0.480 e. The molecule has 1 amide bonds. The molecule has 0 bridgehead atoms. The third-order valence-electron chi connectivity index (χ3n) is 3.34. The number of carbonyl (C=O) groups excluding carboxylic acids is 1. The van der Waals surface area contributed by atoms with Crippen molar-refractivity contribution >= 4 is 11.9 Å². The Morgan fingerprint density at radius 1 is 1.44 bits per heavy atom. The van der Waals surface area contributed by atoms with Gasteiger partial charge in [-0.05, 0) is 19.3 Å². The first-order chi connectivity index (χ1) is 8.65. The number of carbonyl (C=O) groups is 2. The number of aliphatic carboxylic acids is 1. The predicted octanol–water partition coefficient (Wildman–Crippen LogP) is 0.523. The second-order valence-electron chi connectivity index (χ2n) is 4.74. The molecule has 1 atom stereocenters. The van der Waals surface area contributed by atoms with Crippen LogP contribution in [0.1, 0.15) is 43.3 Å². The molecule has 2 fully saturated rings. The zero-order valence-electron chi connectivity index (χ0n) is 9.70. The average molecular weight is 251 g/mol. The predicted molar refractivity (Wildman–Crippen MR) is 57.5 cm³/mol. The maximum Gasteiger partial charge on any atom is 0.326 e. The van der Waals surface area contributed by atoms with E-state index in [1.165, 1.54) is 4.90 Å². The molecule has 96 valence electrons. The summed E-state index contributed by atoms with van der Waals surface area (Å²) in [6.45, 7) is 0.117. The normalized spacial score (nSPS) is 23.7. The van der Waals surface area contributed by atoms with Crippen LogP contribution in [-0.2, 0) is 16.1 Å². The number of carboxylic acids is 1. The molecular formula is C11H13N3O4. The van der Waals surface area contributed by atoms with Gasteiger partial charge in [0.2, 0.25) is 11.8 Å². The van der Waals surface area contributed by atoms with Crippen LogP contribution in [0.5, 0.6) is 0 Å². The number of rotatable bonds is 4. The van der Waals surface area contributed by atoms with Crippen LogP contribution in [0.3, 0.4) is 0 Å². The van der Waals surface area contributed by atoms with E-state index in [0.717, 1.165) is 12.8 Å². The lowest BCUT2D eigenvalue weighted by molar-refractivity contribution is -0.146. The monoisotopic (exact) mass is 251 g/mol. The largest absolute Gasteiger partial charge is 0.480 e. The van der Waals surface area contributed by atoms with E-state index in [-0.39, 0.29) is 18.9 Å². The molecule has 0 aromatic carbocycles. The van der Waals surface area contributed by atoms with Crippen molar-refractivity contribution in [3.05, 3.63) is 11.7 Å². The fourth-order valence-corrected chi connectivity index (χ4v) is 2.17. The van der Waals surface area contributed by atoms with E-state index in [1.54, 1.807) is 0 Å². The van der Waals surface area contributed by atoms with Gasteiger partial charge >= 0.3 is 5.97 Å². The van der Waals surface area contributed by atoms with Gasteiger partial charge in [-0.2, -0.15) is 4.98 Å². The van der Waals surface area contributed by atoms with Gasteiger partial charge in [0, 0.05) is 12.3 Å². The molecule has 1 aromatic heterocycles. The zero-order chi connectivity index (χ0) is 12.7. The molecular weight excluding hydrogens is 238 g/mol. The molecule has 3 rings (SSSR count). The van der Waals surface area contributed by atoms with Gasteiger partial charge in [0.05, 0.1) is 6.54 Å². The van der Waals surface area contributed by atoms with Crippen LogP contribution in [0.2, 0.25) is 0 Å². The van der Waals surface area contributed by atoms with Crippen LogP contribution < -0.4 is 0 Å². The second kappa shape index (κ2) is 4.08. The lowest BCUT2D eigenvalue weighted by atomic mass is 10.2. The first-order valence-corrected chi connectivity index (χ1v) is 6.00. The van der Waals surface area contributed by atoms with Crippen molar-refractivity contribution < 1.29 is 19.2 Å². The number of aromatic nitrogens is 2. The average Bonchev–Trinajstić information content (AvgIpc) is 2.97. The van der Waals surface area contributed by atoms with E-state index in [0.29, 0.717) is 24.1 Å². The van der Waals surface area contributed by atoms with Crippen molar-refractivity contribution in [2.75, 3.05) is 0 Å². The maximum absolute atomic E-state index is 11.6. The Labute approximate surface area is 103 Å². The number of amides is 1. The third kappa shape index (κ3) is 1.96. The summed E-state index contributed by atoms with van der Waals surface area (Å²) >= 11 is 0. The topological polar surface area (TPSA) is 96.5 Å². The molecule has 18 heavy (non-hydrogen) atoms. The molecule has 1 saturated heterocycles. The van der Waals surface area contributed by atoms with E-state index < -0.39 is 12.0 Å². The first kappa shape index (κ1) is 11.2. The smallest absolute Gasteiger partial charge is 0.326 e. The molecule has 2 heterocycles. The molecule has 2 aliphatic rings. The summed E-state index contributed by atoms with van der Waals surface area (Å²) < 4.78 is 5.08. The summed E-state index contributed by atoms with van der Waals surface area (Å²) in [7, 11) is 0. The number of hydrogen-bond acceptors (Lipinski definition) is 5. The van der Waals surface area contributed by atoms with Crippen molar-refractivity contribution in [1.82, 2.24) is 15.0 Å². The highest BCUT2D eigenvalue weighted by atomic mass is 16.5. The van der Waals surface area contributed by atoms with Crippen molar-refractivity contribution in [1.29, 1.82) is 0 Å². The quantitative estimate of drug-likeness (QED) is 0.838. The number of hydrogen-bond donors (Lipinski definition) is 1. The van der Waals surface area contributed by atoms with Crippen molar-refractivity contribution in [3.63, 3.8) is 0 Å². The van der Waals surface area contributed by atoms with Gasteiger partial charge < -0.3 is 14.5 Å². The van der Waals surface area contributed by atoms with Gasteiger partial charge in [0.25, 0.3) is 0 Å². The molecule has 7 heteroatoms. The van der Waals surface area contributed by atoms with Gasteiger partial charge in [-0.1, -0.05) is 5.16 Å². The minimum atomic E-state index is -0.980. The number of carboxylic acid groups (broad SMARTS) is 1. The Balaban J connectivity index is 1.73. The molecule has 0 radical (unpaired) electrons. The fourth-order valence-electron chi connectivity index (χ4n) is 2.17. The summed E-state index contributed by atoms with van der Waals surface area (Å²) in [5.41, 5.74) is 0. The molecule has 1 unspecified atom stereocenters. The van der Waals surface area contributed by atoms with Gasteiger partial charge in [0.15, 0.2) is 5.82 Å². The molecule has 1 saturated carbocycles. The van der Waals surface area contributed by atoms with Gasteiger partial charge in [0.1, 0.15) is 6.04 Å². The van der Waals surface area contributed by atoms with E-state index in [9.17, 15) is 9.59 Å². The second-order valence-corrected chi connectivity index (χ2v) is 4.74. The van der Waals surface area contributed by atoms with Crippen molar-refractivity contribution in [3.8, 4) is 0 Å². The summed E-state index contributed by atoms with van der Waals surface area (Å²) in [6, 6.07) is -0.764. The third-order valence-corrected chi connectivity index (χ3v) is 3.34. The first-order valence-electron chi connectivity index (χ1n) is 6.00. The van der Waals surface area contributed by atoms with Gasteiger partial charge in [-0.15, -0.1) is 0 Å². The highest BCUT2D eigenvalue weighted by Crippen LogP contribution is 2.38. The fraction of sp³-hybridized carbons (Fsp3) is 0.636. The SMILES string of the molecule is O=C(O)C1CCC(=O)N1Cc1noc(C2CC2)n1. The molecule has 0 spiro atoms. The van der Waals surface area contributed by atoms with Gasteiger partial charge in [-0.25, -0.2) is 4.79 Å². The Morgan fingerprint density at radius 2 is 2.22 bits per heavy atom. The molecule has 1 aromatic rings. The van der Waals surface area contributed by atoms with Crippen molar-refractivity contribution in [2.45, 2.75) is 44.2 Å². The number of nitrogens with zero attached hydrogens (tertiary/aromatic N) is 3. The highest BCUT2D eigenvalue weighted by Gasteiger charge is 2.37. The van der Waals surface area contributed by atoms with E-state index in [2.05, 4.69) is 10.1 Å². The molecule has 1 aliphatic heterocycles. The van der Waals surface area contributed by atoms with E-state index in [4.69, 9.17) is 9.63 Å². The summed E-state index contributed by atoms with van der Waals surface area (Å²) in [5.74, 6) is 0.199. The summed E-state index contributed by atoms with van der Waals surface area (Å²) in [4.78, 5) is 28.1. The zero-order valence-corrected chi connectivity index (χ0v) is 9.70. The lowest BCUT2D eigenvalue weighted by Gasteiger charge is -2.19. The highest BCUT2D eigenvalue weighted by molar-refractivity contribution is 5.87. The summed E-state index contributed by atoms with van der Waals surface area (Å²) in [6.07, 6.45) is 2.73. The van der Waals surface area contributed by atoms with Crippen LogP contribution in [0.25, 0.3) is 0 Å². The Bertz CT molecular complexity index is 494. The Morgan fingerprint density at radius 3 is 2.89 bits per heavy atom. The van der Waals surface area contributed by atoms with Crippen LogP contribution in [-0.4, -0.2) is 38.1 Å². The van der Waals surface area contributed by atoms with Crippen LogP contribution in [0.4, 0.5) is 0 Å². The van der Waals surface area contributed by atoms with Gasteiger partial charge in [-0.3, -0.25) is 4.79 Å². The van der Waals surface area contributed by atoms with Crippen LogP contribution in [0.15, 0.2) is 4.52 Å². The van der Waals surface area contributed by atoms with Crippen LogP contribution >= 0.6 is 0 Å². The molecule has 1 aliphatic carbocycles. The Hall–Kier alpha value is -1.92. The van der Waals surface area contributed by atoms with Crippen molar-refractivity contribution in [2.24, 2.45) is 0 Å². The van der Waals surface area contributed by atoms with E-state index in [1.807, 2.05) is 0 Å². The maximum atomic E-state index is 11.6.